The van der Waals surface area contributed by atoms with E-state index in [0.717, 1.165) is 49.4 Å². The van der Waals surface area contributed by atoms with Crippen molar-refractivity contribution in [1.82, 2.24) is 9.88 Å². The fourth-order valence-corrected chi connectivity index (χ4v) is 3.66. The van der Waals surface area contributed by atoms with Crippen molar-refractivity contribution in [2.24, 2.45) is 0 Å². The minimum absolute atomic E-state index is 0.422. The van der Waals surface area contributed by atoms with E-state index < -0.39 is 17.3 Å². The molecule has 1 atom stereocenters. The second-order valence-corrected chi connectivity index (χ2v) is 7.88. The van der Waals surface area contributed by atoms with E-state index in [1.807, 2.05) is 23.1 Å². The molecule has 1 aromatic heterocycles. The Morgan fingerprint density at radius 3 is 2.60 bits per heavy atom. The molecule has 2 aromatic rings. The molecule has 4 rings (SSSR count). The van der Waals surface area contributed by atoms with Gasteiger partial charge in [-0.3, -0.25) is 9.69 Å². The van der Waals surface area contributed by atoms with Gasteiger partial charge in [0.25, 0.3) is 0 Å². The fraction of sp³-hybridized carbons (Fsp3) is 0.429. The van der Waals surface area contributed by atoms with E-state index >= 15 is 0 Å². The Kier molecular flexibility index (Phi) is 5.31. The number of alkyl halides is 3. The number of aromatic nitrogens is 1. The van der Waals surface area contributed by atoms with E-state index in [-0.39, 0.29) is 0 Å². The third kappa shape index (κ3) is 4.35. The lowest BCUT2D eigenvalue weighted by Crippen LogP contribution is -2.46. The van der Waals surface area contributed by atoms with Crippen LogP contribution < -0.4 is 15.0 Å². The number of halogens is 3. The summed E-state index contributed by atoms with van der Waals surface area (Å²) < 4.78 is 43.9. The zero-order valence-corrected chi connectivity index (χ0v) is 16.6. The number of nitrogens with one attached hydrogen (secondary N) is 1. The van der Waals surface area contributed by atoms with E-state index in [4.69, 9.17) is 4.74 Å². The first-order valence-electron chi connectivity index (χ1n) is 9.78. The van der Waals surface area contributed by atoms with Gasteiger partial charge in [0.05, 0.1) is 17.8 Å². The maximum atomic E-state index is 12.7. The number of benzene rings is 1. The van der Waals surface area contributed by atoms with Gasteiger partial charge in [-0.15, -0.1) is 0 Å². The number of rotatable bonds is 4. The van der Waals surface area contributed by atoms with Crippen LogP contribution >= 0.6 is 0 Å². The molecule has 2 aliphatic heterocycles. The molecule has 3 heterocycles. The molecular formula is C21H23F3N4O2. The Hall–Kier alpha value is -2.81. The van der Waals surface area contributed by atoms with Crippen molar-refractivity contribution in [2.45, 2.75) is 25.2 Å². The molecule has 6 nitrogen and oxygen atoms in total. The smallest absolute Gasteiger partial charge is 0.417 e. The first-order valence-corrected chi connectivity index (χ1v) is 9.78. The van der Waals surface area contributed by atoms with Crippen LogP contribution in [0.2, 0.25) is 0 Å². The van der Waals surface area contributed by atoms with Crippen LogP contribution in [0, 0.1) is 0 Å². The quantitative estimate of drug-likeness (QED) is 0.767. The fourth-order valence-electron chi connectivity index (χ4n) is 3.66. The van der Waals surface area contributed by atoms with Gasteiger partial charge in [-0.25, -0.2) is 4.98 Å². The Bertz CT molecular complexity index is 911. The van der Waals surface area contributed by atoms with Gasteiger partial charge >= 0.3 is 6.18 Å². The molecule has 0 saturated carbocycles. The standard InChI is InChI=1S/C21H23F3N4O2/c1-20(14-29)13-26-17-10-15(2-4-18(17)30-20)12-27-6-8-28(9-7-27)19-5-3-16(11-25-19)21(22,23)24/h2-5,10-11,14,26H,6-9,12-13H2,1H3. The maximum Gasteiger partial charge on any atom is 0.417 e. The van der Waals surface area contributed by atoms with Gasteiger partial charge in [0, 0.05) is 38.9 Å². The van der Waals surface area contributed by atoms with Crippen molar-refractivity contribution >= 4 is 17.8 Å². The lowest BCUT2D eigenvalue weighted by atomic mass is 10.1. The van der Waals surface area contributed by atoms with Crippen LogP contribution in [0.1, 0.15) is 18.1 Å². The number of piperazine rings is 1. The van der Waals surface area contributed by atoms with Crippen LogP contribution in [0.4, 0.5) is 24.7 Å². The van der Waals surface area contributed by atoms with Crippen LogP contribution in [0.3, 0.4) is 0 Å². The summed E-state index contributed by atoms with van der Waals surface area (Å²) >= 11 is 0. The molecule has 1 N–H and O–H groups in total. The Labute approximate surface area is 172 Å². The number of hydrogen-bond donors (Lipinski definition) is 1. The molecule has 1 unspecified atom stereocenters. The van der Waals surface area contributed by atoms with Crippen LogP contribution in [0.5, 0.6) is 5.75 Å². The van der Waals surface area contributed by atoms with Gasteiger partial charge in [-0.1, -0.05) is 6.07 Å². The number of pyridine rings is 1. The summed E-state index contributed by atoms with van der Waals surface area (Å²) in [6.07, 6.45) is -2.67. The van der Waals surface area contributed by atoms with E-state index in [1.54, 1.807) is 6.92 Å². The largest absolute Gasteiger partial charge is 0.476 e. The Balaban J connectivity index is 1.34. The number of fused-ring (bicyclic) bond motifs is 1. The molecule has 0 radical (unpaired) electrons. The van der Waals surface area contributed by atoms with Gasteiger partial charge in [-0.2, -0.15) is 13.2 Å². The summed E-state index contributed by atoms with van der Waals surface area (Å²) in [6.45, 7) is 5.89. The molecule has 160 valence electrons. The van der Waals surface area contributed by atoms with Crippen LogP contribution in [0.25, 0.3) is 0 Å². The summed E-state index contributed by atoms with van der Waals surface area (Å²) in [7, 11) is 0. The van der Waals surface area contributed by atoms with Gasteiger partial charge in [0.1, 0.15) is 11.6 Å². The molecule has 0 bridgehead atoms. The van der Waals surface area contributed by atoms with Crippen LogP contribution in [-0.4, -0.2) is 54.5 Å². The van der Waals surface area contributed by atoms with Crippen molar-refractivity contribution in [3.8, 4) is 5.75 Å². The SMILES string of the molecule is CC1(C=O)CNc2cc(CN3CCN(c4ccc(C(F)(F)F)cn4)CC3)ccc2O1. The summed E-state index contributed by atoms with van der Waals surface area (Å²) in [5.41, 5.74) is 0.417. The second-order valence-electron chi connectivity index (χ2n) is 7.88. The van der Waals surface area contributed by atoms with Gasteiger partial charge in [0.2, 0.25) is 0 Å². The number of anilines is 2. The van der Waals surface area contributed by atoms with Gasteiger partial charge in [0.15, 0.2) is 11.9 Å². The lowest BCUT2D eigenvalue weighted by molar-refractivity contribution is -0.137. The monoisotopic (exact) mass is 420 g/mol. The number of ether oxygens (including phenoxy) is 1. The number of nitrogens with zero attached hydrogens (tertiary/aromatic N) is 3. The predicted octanol–water partition coefficient (Wildman–Crippen LogP) is 3.18. The molecule has 2 aliphatic rings. The van der Waals surface area contributed by atoms with E-state index in [1.165, 1.54) is 6.07 Å². The number of carbonyl (C=O) groups excluding carboxylic acids is 1. The van der Waals surface area contributed by atoms with Crippen molar-refractivity contribution in [2.75, 3.05) is 42.9 Å². The van der Waals surface area contributed by atoms with Crippen LogP contribution in [-0.2, 0) is 17.5 Å². The topological polar surface area (TPSA) is 57.7 Å². The first kappa shape index (κ1) is 20.5. The van der Waals surface area contributed by atoms with E-state index in [2.05, 4.69) is 15.2 Å². The molecule has 9 heteroatoms. The summed E-state index contributed by atoms with van der Waals surface area (Å²) in [5.74, 6) is 1.23. The molecule has 1 saturated heterocycles. The van der Waals surface area contributed by atoms with Crippen molar-refractivity contribution in [3.63, 3.8) is 0 Å². The molecule has 1 aromatic carbocycles. The van der Waals surface area contributed by atoms with Gasteiger partial charge in [-0.05, 0) is 36.8 Å². The lowest BCUT2D eigenvalue weighted by Gasteiger charge is -2.36. The number of hydrogen-bond acceptors (Lipinski definition) is 6. The first-order chi connectivity index (χ1) is 14.3. The molecule has 1 fully saturated rings. The Morgan fingerprint density at radius 1 is 1.20 bits per heavy atom. The van der Waals surface area contributed by atoms with Crippen molar-refractivity contribution < 1.29 is 22.7 Å². The Morgan fingerprint density at radius 2 is 1.97 bits per heavy atom. The molecule has 0 spiro atoms. The third-order valence-corrected chi connectivity index (χ3v) is 5.44. The third-order valence-electron chi connectivity index (χ3n) is 5.44. The van der Waals surface area contributed by atoms with Crippen LogP contribution in [0.15, 0.2) is 36.5 Å². The molecule has 30 heavy (non-hydrogen) atoms. The average molecular weight is 420 g/mol. The minimum atomic E-state index is -4.37. The highest BCUT2D eigenvalue weighted by Gasteiger charge is 2.32. The average Bonchev–Trinajstić information content (AvgIpc) is 2.74. The highest BCUT2D eigenvalue weighted by Crippen LogP contribution is 2.33. The molecular weight excluding hydrogens is 397 g/mol. The zero-order chi connectivity index (χ0) is 21.4. The summed E-state index contributed by atoms with van der Waals surface area (Å²) in [4.78, 5) is 19.5. The highest BCUT2D eigenvalue weighted by atomic mass is 19.4. The second kappa shape index (κ2) is 7.79. The van der Waals surface area contributed by atoms with E-state index in [9.17, 15) is 18.0 Å². The zero-order valence-electron chi connectivity index (χ0n) is 16.6. The van der Waals surface area contributed by atoms with Crippen molar-refractivity contribution in [3.05, 3.63) is 47.7 Å². The maximum absolute atomic E-state index is 12.7. The summed E-state index contributed by atoms with van der Waals surface area (Å²) in [5, 5.41) is 3.25. The molecule has 0 amide bonds. The summed E-state index contributed by atoms with van der Waals surface area (Å²) in [6, 6.07) is 8.40. The van der Waals surface area contributed by atoms with E-state index in [0.29, 0.717) is 31.2 Å². The number of aldehydes is 1. The van der Waals surface area contributed by atoms with Crippen molar-refractivity contribution in [1.29, 1.82) is 0 Å². The molecule has 0 aliphatic carbocycles. The predicted molar refractivity (Wildman–Crippen MR) is 107 cm³/mol. The normalized spacial score (nSPS) is 22.1. The minimum Gasteiger partial charge on any atom is -0.476 e. The number of carbonyl (C=O) groups is 1. The highest BCUT2D eigenvalue weighted by molar-refractivity contribution is 5.69. The van der Waals surface area contributed by atoms with Gasteiger partial charge < -0.3 is 15.0 Å².